The van der Waals surface area contributed by atoms with Crippen molar-refractivity contribution in [2.24, 2.45) is 0 Å². The summed E-state index contributed by atoms with van der Waals surface area (Å²) in [6.07, 6.45) is -1.20. The normalized spacial score (nSPS) is 18.1. The first-order valence-electron chi connectivity index (χ1n) is 18.2. The highest BCUT2D eigenvalue weighted by molar-refractivity contribution is 5.79. The number of nitrogens with zero attached hydrogens (tertiary/aromatic N) is 2. The van der Waals surface area contributed by atoms with Gasteiger partial charge >= 0.3 is 18.1 Å². The lowest BCUT2D eigenvalue weighted by molar-refractivity contribution is -0.158. The average molecular weight is 732 g/mol. The zero-order chi connectivity index (χ0) is 37.2. The molecule has 284 valence electrons. The van der Waals surface area contributed by atoms with Crippen molar-refractivity contribution in [2.75, 3.05) is 72.4 Å². The number of ether oxygens (including phenoxy) is 6. The van der Waals surface area contributed by atoms with Crippen molar-refractivity contribution in [2.45, 2.75) is 50.6 Å². The number of morpholine rings is 1. The Bertz CT molecular complexity index is 1650. The van der Waals surface area contributed by atoms with Gasteiger partial charge in [-0.05, 0) is 60.2 Å². The largest absolute Gasteiger partial charge is 0.491 e. The predicted octanol–water partition coefficient (Wildman–Crippen LogP) is 4.35. The summed E-state index contributed by atoms with van der Waals surface area (Å²) >= 11 is 0. The number of aliphatic hydroxyl groups excluding tert-OH is 1. The van der Waals surface area contributed by atoms with E-state index in [4.69, 9.17) is 28.4 Å². The third kappa shape index (κ3) is 10.5. The first-order valence-corrected chi connectivity index (χ1v) is 18.2. The van der Waals surface area contributed by atoms with Gasteiger partial charge in [0.1, 0.15) is 37.8 Å². The number of amides is 3. The maximum absolute atomic E-state index is 13.6. The number of carbonyl (C=O) groups excluding carboxylic acids is 3. The molecule has 6 rings (SSSR count). The molecule has 3 aromatic rings. The Balaban J connectivity index is 0.989. The second-order valence-corrected chi connectivity index (χ2v) is 13.8. The second kappa shape index (κ2) is 17.9. The number of hydrogen-bond acceptors (Lipinski definition) is 10. The van der Waals surface area contributed by atoms with Gasteiger partial charge in [0.05, 0.1) is 26.4 Å². The molecule has 0 saturated carbocycles. The van der Waals surface area contributed by atoms with Crippen molar-refractivity contribution in [1.29, 1.82) is 0 Å². The number of carbonyl (C=O) groups is 3. The Morgan fingerprint density at radius 2 is 1.62 bits per heavy atom. The molecule has 3 amide bonds. The van der Waals surface area contributed by atoms with E-state index < -0.39 is 18.0 Å². The van der Waals surface area contributed by atoms with E-state index in [2.05, 4.69) is 29.6 Å². The maximum atomic E-state index is 13.6. The lowest BCUT2D eigenvalue weighted by Gasteiger charge is -2.28. The van der Waals surface area contributed by atoms with Gasteiger partial charge in [-0.25, -0.2) is 9.59 Å². The Hall–Kier alpha value is -4.69. The number of esters is 1. The Labute approximate surface area is 310 Å². The van der Waals surface area contributed by atoms with Crippen LogP contribution in [-0.2, 0) is 34.9 Å². The Morgan fingerprint density at radius 1 is 0.943 bits per heavy atom. The molecule has 2 fully saturated rings. The van der Waals surface area contributed by atoms with Crippen molar-refractivity contribution in [1.82, 2.24) is 15.1 Å². The minimum absolute atomic E-state index is 0.0696. The number of aliphatic hydroxyl groups is 1. The van der Waals surface area contributed by atoms with Crippen molar-refractivity contribution < 1.29 is 47.9 Å². The molecule has 2 heterocycles. The van der Waals surface area contributed by atoms with E-state index in [9.17, 15) is 19.5 Å². The monoisotopic (exact) mass is 731 g/mol. The molecule has 2 atom stereocenters. The number of hydrogen-bond donors (Lipinski definition) is 2. The topological polar surface area (TPSA) is 145 Å². The maximum Gasteiger partial charge on any atom is 0.409 e. The van der Waals surface area contributed by atoms with E-state index in [-0.39, 0.29) is 69.9 Å². The molecular weight excluding hydrogens is 682 g/mol. The van der Waals surface area contributed by atoms with Gasteiger partial charge in [-0.3, -0.25) is 4.79 Å². The summed E-state index contributed by atoms with van der Waals surface area (Å²) in [5, 5.41) is 13.9. The van der Waals surface area contributed by atoms with Crippen LogP contribution in [0.25, 0.3) is 11.1 Å². The number of rotatable bonds is 15. The fraction of sp³-hybridized carbons (Fsp3) is 0.475. The summed E-state index contributed by atoms with van der Waals surface area (Å²) in [6.45, 7) is 6.41. The molecule has 0 bridgehead atoms. The predicted molar refractivity (Wildman–Crippen MR) is 195 cm³/mol. The Kier molecular flexibility index (Phi) is 12.8. The molecule has 13 nitrogen and oxygen atoms in total. The van der Waals surface area contributed by atoms with Crippen LogP contribution in [0.2, 0.25) is 0 Å². The van der Waals surface area contributed by atoms with Crippen LogP contribution < -0.4 is 10.1 Å². The molecule has 3 aliphatic rings. The molecule has 0 spiro atoms. The van der Waals surface area contributed by atoms with E-state index in [1.165, 1.54) is 4.90 Å². The van der Waals surface area contributed by atoms with E-state index in [1.54, 1.807) is 17.0 Å². The van der Waals surface area contributed by atoms with E-state index in [0.29, 0.717) is 45.1 Å². The molecule has 13 heteroatoms. The Morgan fingerprint density at radius 3 is 2.28 bits per heavy atom. The van der Waals surface area contributed by atoms with Gasteiger partial charge in [-0.2, -0.15) is 0 Å². The molecule has 0 radical (unpaired) electrons. The van der Waals surface area contributed by atoms with Crippen molar-refractivity contribution in [3.05, 3.63) is 89.5 Å². The summed E-state index contributed by atoms with van der Waals surface area (Å²) in [5.74, 6) is -0.572. The number of fused-ring (bicyclic) bond motifs is 3. The van der Waals surface area contributed by atoms with Gasteiger partial charge in [0, 0.05) is 38.5 Å². The summed E-state index contributed by atoms with van der Waals surface area (Å²) in [6, 6.07) is 23.2. The van der Waals surface area contributed by atoms with Gasteiger partial charge in [0.25, 0.3) is 0 Å². The third-order valence-corrected chi connectivity index (χ3v) is 9.46. The van der Waals surface area contributed by atoms with Crippen molar-refractivity contribution >= 4 is 18.1 Å². The van der Waals surface area contributed by atoms with Crippen molar-refractivity contribution in [3.63, 3.8) is 0 Å². The molecule has 0 unspecified atom stereocenters. The van der Waals surface area contributed by atoms with Gasteiger partial charge in [0.2, 0.25) is 0 Å². The molecule has 2 saturated heterocycles. The summed E-state index contributed by atoms with van der Waals surface area (Å²) < 4.78 is 33.6. The second-order valence-electron chi connectivity index (χ2n) is 13.8. The van der Waals surface area contributed by atoms with Crippen LogP contribution in [-0.4, -0.2) is 123 Å². The van der Waals surface area contributed by atoms with Crippen LogP contribution in [0.1, 0.15) is 42.9 Å². The lowest BCUT2D eigenvalue weighted by atomic mass is 9.98. The van der Waals surface area contributed by atoms with Gasteiger partial charge in [0.15, 0.2) is 5.79 Å². The van der Waals surface area contributed by atoms with Crippen molar-refractivity contribution in [3.8, 4) is 16.9 Å². The zero-order valence-corrected chi connectivity index (χ0v) is 30.4. The minimum Gasteiger partial charge on any atom is -0.491 e. The first kappa shape index (κ1) is 38.0. The van der Waals surface area contributed by atoms with Crippen LogP contribution in [0.3, 0.4) is 0 Å². The lowest BCUT2D eigenvalue weighted by Crippen LogP contribution is -2.49. The molecular formula is C40H49N3O10. The molecule has 3 aromatic carbocycles. The van der Waals surface area contributed by atoms with Gasteiger partial charge < -0.3 is 48.6 Å². The highest BCUT2D eigenvalue weighted by atomic mass is 16.7. The van der Waals surface area contributed by atoms with Gasteiger partial charge in [-0.1, -0.05) is 60.7 Å². The van der Waals surface area contributed by atoms with E-state index in [0.717, 1.165) is 27.8 Å². The highest BCUT2D eigenvalue weighted by Gasteiger charge is 2.33. The number of nitrogens with one attached hydrogen (secondary N) is 1. The highest BCUT2D eigenvalue weighted by Crippen LogP contribution is 2.44. The molecule has 1 aliphatic carbocycles. The van der Waals surface area contributed by atoms with Crippen LogP contribution in [0.15, 0.2) is 72.8 Å². The fourth-order valence-electron chi connectivity index (χ4n) is 6.72. The smallest absolute Gasteiger partial charge is 0.409 e. The standard InChI is InChI=1S/C40H49N3O10/c1-40(2)52-26-31(53-40)25-50-37(45)16-13-28-11-14-30(15-12-28)49-24-29(44)23-43(18-17-41-38(46)42-19-21-48-22-20-42)39(47)51-27-36-34-9-5-3-7-32(34)33-8-4-6-10-35(33)36/h3-12,14-15,29,31,36,44H,13,16-27H2,1-2H3,(H,41,46)/t29-,31+/m0/s1. The fourth-order valence-corrected chi connectivity index (χ4v) is 6.72. The number of urea groups is 1. The molecule has 2 N–H and O–H groups in total. The van der Waals surface area contributed by atoms with Crippen LogP contribution >= 0.6 is 0 Å². The average Bonchev–Trinajstić information content (AvgIpc) is 3.70. The van der Waals surface area contributed by atoms with Crippen LogP contribution in [0.4, 0.5) is 9.59 Å². The van der Waals surface area contributed by atoms with Crippen LogP contribution in [0.5, 0.6) is 5.75 Å². The summed E-state index contributed by atoms with van der Waals surface area (Å²) in [5.41, 5.74) is 5.37. The first-order chi connectivity index (χ1) is 25.6. The summed E-state index contributed by atoms with van der Waals surface area (Å²) in [7, 11) is 0. The van der Waals surface area contributed by atoms with Gasteiger partial charge in [-0.15, -0.1) is 0 Å². The van der Waals surface area contributed by atoms with E-state index >= 15 is 0 Å². The molecule has 2 aliphatic heterocycles. The number of aryl methyl sites for hydroxylation is 1. The molecule has 53 heavy (non-hydrogen) atoms. The quantitative estimate of drug-likeness (QED) is 0.217. The third-order valence-electron chi connectivity index (χ3n) is 9.46. The molecule has 0 aromatic heterocycles. The SMILES string of the molecule is CC1(C)OC[C@@H](COC(=O)CCc2ccc(OC[C@@H](O)CN(CCNC(=O)N3CCOCC3)C(=O)OCC3c4ccccc4-c4ccccc43)cc2)O1. The van der Waals surface area contributed by atoms with E-state index in [1.807, 2.05) is 50.2 Å². The summed E-state index contributed by atoms with van der Waals surface area (Å²) in [4.78, 5) is 41.6. The zero-order valence-electron chi connectivity index (χ0n) is 30.4. The number of benzene rings is 3. The minimum atomic E-state index is -1.04. The van der Waals surface area contributed by atoms with Crippen LogP contribution in [0, 0.1) is 0 Å².